The number of nitrogens with two attached hydrogens (primary N) is 1. The molecule has 0 unspecified atom stereocenters. The Kier molecular flexibility index (Phi) is 4.98. The minimum absolute atomic E-state index is 0.0174. The number of primary amides is 1. The highest BCUT2D eigenvalue weighted by Gasteiger charge is 2.13. The molecule has 0 spiro atoms. The summed E-state index contributed by atoms with van der Waals surface area (Å²) in [5.41, 5.74) is 5.80. The van der Waals surface area contributed by atoms with E-state index in [1.165, 1.54) is 4.90 Å². The summed E-state index contributed by atoms with van der Waals surface area (Å²) in [5, 5.41) is 8.70. The molecule has 0 aliphatic heterocycles. The Bertz CT molecular complexity index is 641. The third-order valence-electron chi connectivity index (χ3n) is 2.94. The summed E-state index contributed by atoms with van der Waals surface area (Å²) in [7, 11) is 0. The number of nitrogens with zero attached hydrogens (tertiary/aromatic N) is 1. The van der Waals surface area contributed by atoms with Gasteiger partial charge in [0.05, 0.1) is 6.42 Å². The predicted octanol–water partition coefficient (Wildman–Crippen LogP) is 2.84. The van der Waals surface area contributed by atoms with Crippen LogP contribution in [0, 0.1) is 0 Å². The van der Waals surface area contributed by atoms with Gasteiger partial charge in [0.2, 0.25) is 0 Å². The SMILES string of the molecule is NC(=O)N(CCC(=O)O)c1ccc(Oc2ccccc2)cc1. The summed E-state index contributed by atoms with van der Waals surface area (Å²) in [4.78, 5) is 23.2. The number of carbonyl (C=O) groups excluding carboxylic acids is 1. The monoisotopic (exact) mass is 300 g/mol. The Labute approximate surface area is 127 Å². The van der Waals surface area contributed by atoms with Crippen molar-refractivity contribution in [1.82, 2.24) is 0 Å². The molecule has 22 heavy (non-hydrogen) atoms. The first-order valence-corrected chi connectivity index (χ1v) is 6.68. The highest BCUT2D eigenvalue weighted by Crippen LogP contribution is 2.24. The molecule has 0 saturated carbocycles. The summed E-state index contributed by atoms with van der Waals surface area (Å²) < 4.78 is 5.64. The topological polar surface area (TPSA) is 92.9 Å². The van der Waals surface area contributed by atoms with Crippen LogP contribution in [0.2, 0.25) is 0 Å². The van der Waals surface area contributed by atoms with Crippen LogP contribution in [0.25, 0.3) is 0 Å². The van der Waals surface area contributed by atoms with E-state index in [0.29, 0.717) is 17.2 Å². The molecular weight excluding hydrogens is 284 g/mol. The van der Waals surface area contributed by atoms with Crippen molar-refractivity contribution >= 4 is 17.7 Å². The molecular formula is C16H16N2O4. The molecule has 0 atom stereocenters. The van der Waals surface area contributed by atoms with E-state index in [9.17, 15) is 9.59 Å². The normalized spacial score (nSPS) is 10.0. The summed E-state index contributed by atoms with van der Waals surface area (Å²) in [6.45, 7) is 0.0174. The van der Waals surface area contributed by atoms with Crippen LogP contribution in [-0.2, 0) is 4.79 Å². The zero-order valence-electron chi connectivity index (χ0n) is 11.8. The zero-order chi connectivity index (χ0) is 15.9. The molecule has 0 heterocycles. The molecule has 2 rings (SSSR count). The summed E-state index contributed by atoms with van der Waals surface area (Å²) in [6, 6.07) is 15.3. The van der Waals surface area contributed by atoms with Crippen molar-refractivity contribution in [1.29, 1.82) is 0 Å². The first-order chi connectivity index (χ1) is 10.6. The van der Waals surface area contributed by atoms with E-state index in [4.69, 9.17) is 15.6 Å². The second-order valence-corrected chi connectivity index (χ2v) is 4.54. The molecule has 3 N–H and O–H groups in total. The fourth-order valence-corrected chi connectivity index (χ4v) is 1.89. The number of urea groups is 1. The number of para-hydroxylation sites is 1. The molecule has 0 fully saturated rings. The van der Waals surface area contributed by atoms with E-state index in [1.807, 2.05) is 30.3 Å². The van der Waals surface area contributed by atoms with E-state index >= 15 is 0 Å². The Balaban J connectivity index is 2.09. The van der Waals surface area contributed by atoms with Crippen LogP contribution in [0.3, 0.4) is 0 Å². The van der Waals surface area contributed by atoms with E-state index < -0.39 is 12.0 Å². The van der Waals surface area contributed by atoms with Gasteiger partial charge in [-0.15, -0.1) is 0 Å². The van der Waals surface area contributed by atoms with Gasteiger partial charge in [-0.3, -0.25) is 9.69 Å². The average molecular weight is 300 g/mol. The van der Waals surface area contributed by atoms with E-state index in [1.54, 1.807) is 24.3 Å². The predicted molar refractivity (Wildman–Crippen MR) is 82.1 cm³/mol. The van der Waals surface area contributed by atoms with Gasteiger partial charge in [-0.05, 0) is 36.4 Å². The molecule has 6 nitrogen and oxygen atoms in total. The number of ether oxygens (including phenoxy) is 1. The number of carbonyl (C=O) groups is 2. The van der Waals surface area contributed by atoms with E-state index in [0.717, 1.165) is 0 Å². The molecule has 0 aliphatic rings. The molecule has 0 bridgehead atoms. The largest absolute Gasteiger partial charge is 0.481 e. The number of carboxylic acids is 1. The molecule has 6 heteroatoms. The average Bonchev–Trinajstić information content (AvgIpc) is 2.49. The van der Waals surface area contributed by atoms with Crippen LogP contribution < -0.4 is 15.4 Å². The lowest BCUT2D eigenvalue weighted by atomic mass is 10.2. The van der Waals surface area contributed by atoms with Crippen molar-refractivity contribution in [3.8, 4) is 11.5 Å². The van der Waals surface area contributed by atoms with Gasteiger partial charge >= 0.3 is 12.0 Å². The summed E-state index contributed by atoms with van der Waals surface area (Å²) in [5.74, 6) is 0.320. The van der Waals surface area contributed by atoms with Crippen LogP contribution in [0.1, 0.15) is 6.42 Å². The molecule has 114 valence electrons. The smallest absolute Gasteiger partial charge is 0.319 e. The second-order valence-electron chi connectivity index (χ2n) is 4.54. The van der Waals surface area contributed by atoms with Crippen LogP contribution in [-0.4, -0.2) is 23.7 Å². The molecule has 0 aromatic heterocycles. The summed E-state index contributed by atoms with van der Waals surface area (Å²) >= 11 is 0. The van der Waals surface area contributed by atoms with Gasteiger partial charge in [0.15, 0.2) is 0 Å². The van der Waals surface area contributed by atoms with Crippen LogP contribution in [0.15, 0.2) is 54.6 Å². The number of amides is 2. The fourth-order valence-electron chi connectivity index (χ4n) is 1.89. The molecule has 0 radical (unpaired) electrons. The van der Waals surface area contributed by atoms with Crippen molar-refractivity contribution in [2.24, 2.45) is 5.73 Å². The summed E-state index contributed by atoms with van der Waals surface area (Å²) in [6.07, 6.45) is -0.175. The highest BCUT2D eigenvalue weighted by molar-refractivity contribution is 5.91. The second kappa shape index (κ2) is 7.12. The number of benzene rings is 2. The number of hydrogen-bond acceptors (Lipinski definition) is 3. The highest BCUT2D eigenvalue weighted by atomic mass is 16.5. The minimum atomic E-state index is -0.990. The maximum Gasteiger partial charge on any atom is 0.319 e. The first-order valence-electron chi connectivity index (χ1n) is 6.68. The number of anilines is 1. The van der Waals surface area contributed by atoms with Gasteiger partial charge in [0, 0.05) is 12.2 Å². The van der Waals surface area contributed by atoms with Gasteiger partial charge in [0.1, 0.15) is 11.5 Å². The van der Waals surface area contributed by atoms with Crippen molar-refractivity contribution < 1.29 is 19.4 Å². The van der Waals surface area contributed by atoms with E-state index in [2.05, 4.69) is 0 Å². The van der Waals surface area contributed by atoms with E-state index in [-0.39, 0.29) is 13.0 Å². The van der Waals surface area contributed by atoms with Crippen LogP contribution in [0.4, 0.5) is 10.5 Å². The third-order valence-corrected chi connectivity index (χ3v) is 2.94. The third kappa shape index (κ3) is 4.24. The minimum Gasteiger partial charge on any atom is -0.481 e. The van der Waals surface area contributed by atoms with Crippen LogP contribution in [0.5, 0.6) is 11.5 Å². The van der Waals surface area contributed by atoms with Crippen molar-refractivity contribution in [3.63, 3.8) is 0 Å². The Morgan fingerprint density at radius 2 is 1.59 bits per heavy atom. The number of rotatable bonds is 6. The lowest BCUT2D eigenvalue weighted by Gasteiger charge is -2.19. The lowest BCUT2D eigenvalue weighted by Crippen LogP contribution is -2.37. The van der Waals surface area contributed by atoms with Gasteiger partial charge in [-0.2, -0.15) is 0 Å². The van der Waals surface area contributed by atoms with Gasteiger partial charge in [-0.25, -0.2) is 4.79 Å². The molecule has 0 aliphatic carbocycles. The molecule has 2 aromatic rings. The number of carboxylic acid groups (broad SMARTS) is 1. The fraction of sp³-hybridized carbons (Fsp3) is 0.125. The zero-order valence-corrected chi connectivity index (χ0v) is 11.8. The molecule has 2 amide bonds. The number of aliphatic carboxylic acids is 1. The van der Waals surface area contributed by atoms with Crippen molar-refractivity contribution in [2.75, 3.05) is 11.4 Å². The molecule has 0 saturated heterocycles. The lowest BCUT2D eigenvalue weighted by molar-refractivity contribution is -0.136. The standard InChI is InChI=1S/C16H16N2O4/c17-16(21)18(11-10-15(19)20)12-6-8-14(9-7-12)22-13-4-2-1-3-5-13/h1-9H,10-11H2,(H2,17,21)(H,19,20). The van der Waals surface area contributed by atoms with Gasteiger partial charge < -0.3 is 15.6 Å². The van der Waals surface area contributed by atoms with Gasteiger partial charge in [-0.1, -0.05) is 18.2 Å². The maximum atomic E-state index is 11.4. The number of hydrogen-bond donors (Lipinski definition) is 2. The maximum absolute atomic E-state index is 11.4. The molecule has 2 aromatic carbocycles. The first kappa shape index (κ1) is 15.4. The Morgan fingerprint density at radius 3 is 2.14 bits per heavy atom. The van der Waals surface area contributed by atoms with Crippen LogP contribution >= 0.6 is 0 Å². The quantitative estimate of drug-likeness (QED) is 0.857. The van der Waals surface area contributed by atoms with Crippen molar-refractivity contribution in [3.05, 3.63) is 54.6 Å². The Hall–Kier alpha value is -3.02. The van der Waals surface area contributed by atoms with Gasteiger partial charge in [0.25, 0.3) is 0 Å². The Morgan fingerprint density at radius 1 is 1.00 bits per heavy atom. The van der Waals surface area contributed by atoms with Crippen molar-refractivity contribution in [2.45, 2.75) is 6.42 Å².